The molecule has 1 atom stereocenters. The molecule has 1 aliphatic heterocycles. The lowest BCUT2D eigenvalue weighted by atomic mass is 10.2. The topological polar surface area (TPSA) is 90.7 Å². The van der Waals surface area contributed by atoms with Crippen molar-refractivity contribution < 1.29 is 19.4 Å². The number of nitrogens with two attached hydrogens (primary N) is 1. The Bertz CT molecular complexity index is 188. The number of amides is 1. The van der Waals surface area contributed by atoms with Crippen molar-refractivity contribution in [2.75, 3.05) is 6.54 Å². The maximum atomic E-state index is 10.9. The van der Waals surface area contributed by atoms with Gasteiger partial charge in [0.25, 0.3) is 0 Å². The fourth-order valence-corrected chi connectivity index (χ4v) is 1.03. The van der Waals surface area contributed by atoms with Crippen LogP contribution in [0.1, 0.15) is 12.8 Å². The molecule has 1 saturated heterocycles. The number of carbonyl (C=O) groups excluding carboxylic acids is 2. The molecule has 1 heterocycles. The van der Waals surface area contributed by atoms with Crippen LogP contribution in [0.3, 0.4) is 0 Å². The largest absolute Gasteiger partial charge is 0.447 e. The van der Waals surface area contributed by atoms with Gasteiger partial charge in [-0.25, -0.2) is 19.4 Å². The van der Waals surface area contributed by atoms with E-state index < -0.39 is 12.1 Å². The van der Waals surface area contributed by atoms with E-state index in [9.17, 15) is 9.59 Å². The zero-order valence-electron chi connectivity index (χ0n) is 6.41. The van der Waals surface area contributed by atoms with Crippen LogP contribution in [-0.4, -0.2) is 24.6 Å². The lowest BCUT2D eigenvalue weighted by molar-refractivity contribution is -0.232. The second-order valence-corrected chi connectivity index (χ2v) is 2.45. The maximum absolute atomic E-state index is 10.9. The first-order valence-corrected chi connectivity index (χ1v) is 3.61. The first kappa shape index (κ1) is 8.79. The van der Waals surface area contributed by atoms with Gasteiger partial charge in [-0.1, -0.05) is 0 Å². The van der Waals surface area contributed by atoms with Crippen molar-refractivity contribution in [2.45, 2.75) is 18.9 Å². The third kappa shape index (κ3) is 2.39. The van der Waals surface area contributed by atoms with Crippen molar-refractivity contribution in [1.82, 2.24) is 5.32 Å². The predicted octanol–water partition coefficient (Wildman–Crippen LogP) is -0.708. The average molecular weight is 174 g/mol. The Kier molecular flexibility index (Phi) is 2.87. The third-order valence-electron chi connectivity index (χ3n) is 1.55. The molecule has 0 aromatic rings. The van der Waals surface area contributed by atoms with E-state index in [-0.39, 0.29) is 6.04 Å². The fraction of sp³-hybridized carbons (Fsp3) is 0.667. The van der Waals surface area contributed by atoms with Crippen LogP contribution in [0.5, 0.6) is 0 Å². The van der Waals surface area contributed by atoms with Gasteiger partial charge in [-0.3, -0.25) is 0 Å². The normalized spacial score (nSPS) is 21.8. The highest BCUT2D eigenvalue weighted by atomic mass is 17.2. The van der Waals surface area contributed by atoms with E-state index in [1.54, 1.807) is 0 Å². The summed E-state index contributed by atoms with van der Waals surface area (Å²) < 4.78 is 0. The number of primary amides is 1. The van der Waals surface area contributed by atoms with E-state index in [1.165, 1.54) is 0 Å². The number of carbonyl (C=O) groups is 2. The zero-order valence-corrected chi connectivity index (χ0v) is 6.41. The standard InChI is InChI=1S/C6H10N2O4/c7-6(10)12-11-5(9)4-2-1-3-8-4/h4,8H,1-3H2,(H2,7,10). The predicted molar refractivity (Wildman–Crippen MR) is 37.8 cm³/mol. The van der Waals surface area contributed by atoms with Crippen LogP contribution in [0.4, 0.5) is 4.79 Å². The minimum Gasteiger partial charge on any atom is -0.332 e. The molecule has 0 aromatic heterocycles. The molecular weight excluding hydrogens is 164 g/mol. The average Bonchev–Trinajstić information content (AvgIpc) is 2.51. The molecule has 6 heteroatoms. The van der Waals surface area contributed by atoms with E-state index in [2.05, 4.69) is 20.8 Å². The van der Waals surface area contributed by atoms with Gasteiger partial charge < -0.3 is 11.1 Å². The summed E-state index contributed by atoms with van der Waals surface area (Å²) in [5, 5.41) is 2.87. The van der Waals surface area contributed by atoms with E-state index in [0.29, 0.717) is 6.42 Å². The lowest BCUT2D eigenvalue weighted by Crippen LogP contribution is -2.33. The van der Waals surface area contributed by atoms with E-state index in [1.807, 2.05) is 0 Å². The molecule has 0 bridgehead atoms. The summed E-state index contributed by atoms with van der Waals surface area (Å²) in [6.45, 7) is 0.774. The zero-order chi connectivity index (χ0) is 8.97. The Morgan fingerprint density at radius 3 is 2.67 bits per heavy atom. The number of hydrogen-bond acceptors (Lipinski definition) is 5. The summed E-state index contributed by atoms with van der Waals surface area (Å²) in [6, 6.07) is -0.371. The van der Waals surface area contributed by atoms with Gasteiger partial charge in [0.1, 0.15) is 6.04 Å². The minimum absolute atomic E-state index is 0.371. The van der Waals surface area contributed by atoms with Crippen LogP contribution < -0.4 is 11.1 Å². The molecule has 0 saturated carbocycles. The van der Waals surface area contributed by atoms with Gasteiger partial charge in [-0.15, -0.1) is 0 Å². The summed E-state index contributed by atoms with van der Waals surface area (Å²) >= 11 is 0. The highest BCUT2D eigenvalue weighted by molar-refractivity contribution is 5.76. The van der Waals surface area contributed by atoms with Crippen molar-refractivity contribution in [2.24, 2.45) is 5.73 Å². The molecule has 0 aromatic carbocycles. The van der Waals surface area contributed by atoms with Crippen LogP contribution >= 0.6 is 0 Å². The lowest BCUT2D eigenvalue weighted by Gasteiger charge is -2.06. The second-order valence-electron chi connectivity index (χ2n) is 2.45. The molecule has 1 aliphatic rings. The summed E-state index contributed by atoms with van der Waals surface area (Å²) in [4.78, 5) is 28.9. The molecule has 1 rings (SSSR count). The second kappa shape index (κ2) is 3.91. The van der Waals surface area contributed by atoms with Gasteiger partial charge in [0, 0.05) is 0 Å². The van der Waals surface area contributed by atoms with Gasteiger partial charge in [-0.2, -0.15) is 0 Å². The van der Waals surface area contributed by atoms with Gasteiger partial charge in [0.2, 0.25) is 0 Å². The number of nitrogens with one attached hydrogen (secondary N) is 1. The van der Waals surface area contributed by atoms with Crippen LogP contribution in [0, 0.1) is 0 Å². The maximum Gasteiger partial charge on any atom is 0.447 e. The Balaban J connectivity index is 2.23. The van der Waals surface area contributed by atoms with Gasteiger partial charge >= 0.3 is 12.1 Å². The molecule has 1 fully saturated rings. The van der Waals surface area contributed by atoms with Crippen molar-refractivity contribution in [3.8, 4) is 0 Å². The Morgan fingerprint density at radius 1 is 1.42 bits per heavy atom. The van der Waals surface area contributed by atoms with Crippen LogP contribution in [-0.2, 0) is 14.6 Å². The van der Waals surface area contributed by atoms with E-state index in [0.717, 1.165) is 13.0 Å². The molecule has 6 nitrogen and oxygen atoms in total. The third-order valence-corrected chi connectivity index (χ3v) is 1.55. The highest BCUT2D eigenvalue weighted by Gasteiger charge is 2.25. The summed E-state index contributed by atoms with van der Waals surface area (Å²) in [7, 11) is 0. The van der Waals surface area contributed by atoms with Gasteiger partial charge in [0.15, 0.2) is 0 Å². The van der Waals surface area contributed by atoms with Crippen LogP contribution in [0.2, 0.25) is 0 Å². The minimum atomic E-state index is -1.12. The van der Waals surface area contributed by atoms with E-state index >= 15 is 0 Å². The first-order chi connectivity index (χ1) is 5.70. The van der Waals surface area contributed by atoms with Gasteiger partial charge in [0.05, 0.1) is 0 Å². The number of rotatable bonds is 1. The first-order valence-electron chi connectivity index (χ1n) is 3.61. The van der Waals surface area contributed by atoms with Crippen LogP contribution in [0.15, 0.2) is 0 Å². The highest BCUT2D eigenvalue weighted by Crippen LogP contribution is 2.06. The quantitative estimate of drug-likeness (QED) is 0.405. The Labute approximate surface area is 68.9 Å². The van der Waals surface area contributed by atoms with Crippen molar-refractivity contribution in [3.63, 3.8) is 0 Å². The Morgan fingerprint density at radius 2 is 2.17 bits per heavy atom. The molecule has 1 amide bonds. The van der Waals surface area contributed by atoms with Crippen LogP contribution in [0.25, 0.3) is 0 Å². The SMILES string of the molecule is NC(=O)OOC(=O)C1CCCN1. The van der Waals surface area contributed by atoms with Gasteiger partial charge in [-0.05, 0) is 19.4 Å². The molecule has 12 heavy (non-hydrogen) atoms. The molecular formula is C6H10N2O4. The van der Waals surface area contributed by atoms with Crippen molar-refractivity contribution in [3.05, 3.63) is 0 Å². The van der Waals surface area contributed by atoms with E-state index in [4.69, 9.17) is 0 Å². The Hall–Kier alpha value is -1.30. The molecule has 68 valence electrons. The summed E-state index contributed by atoms with van der Waals surface area (Å²) in [5.41, 5.74) is 4.58. The monoisotopic (exact) mass is 174 g/mol. The molecule has 1 unspecified atom stereocenters. The molecule has 0 spiro atoms. The van der Waals surface area contributed by atoms with Crippen molar-refractivity contribution >= 4 is 12.1 Å². The fourth-order valence-electron chi connectivity index (χ4n) is 1.03. The molecule has 0 radical (unpaired) electrons. The number of hydrogen-bond donors (Lipinski definition) is 2. The summed E-state index contributed by atoms with van der Waals surface area (Å²) in [5.74, 6) is -0.605. The summed E-state index contributed by atoms with van der Waals surface area (Å²) in [6.07, 6.45) is 0.485. The smallest absolute Gasteiger partial charge is 0.332 e. The molecule has 0 aliphatic carbocycles. The van der Waals surface area contributed by atoms with Crippen molar-refractivity contribution in [1.29, 1.82) is 0 Å². The molecule has 3 N–H and O–H groups in total.